The van der Waals surface area contributed by atoms with Gasteiger partial charge in [-0.3, -0.25) is 0 Å². The summed E-state index contributed by atoms with van der Waals surface area (Å²) in [5.41, 5.74) is 3.24. The molecule has 2 fully saturated rings. The van der Waals surface area contributed by atoms with E-state index in [1.54, 1.807) is 0 Å². The second-order valence-electron chi connectivity index (χ2n) is 6.06. The topological polar surface area (TPSA) is 23.5 Å². The van der Waals surface area contributed by atoms with Gasteiger partial charge in [-0.1, -0.05) is 31.4 Å². The second-order valence-corrected chi connectivity index (χ2v) is 6.06. The zero-order chi connectivity index (χ0) is 12.4. The normalized spacial score (nSPS) is 21.9. The zero-order valence-corrected chi connectivity index (χ0v) is 11.1. The third-order valence-corrected chi connectivity index (χ3v) is 4.67. The summed E-state index contributed by atoms with van der Waals surface area (Å²) in [5.74, 6) is 0. The van der Waals surface area contributed by atoms with Crippen LogP contribution in [0, 0.1) is 5.41 Å². The number of hydrogen-bond donors (Lipinski definition) is 1. The third kappa shape index (κ3) is 2.26. The van der Waals surface area contributed by atoms with Crippen molar-refractivity contribution in [3.05, 3.63) is 29.8 Å². The lowest BCUT2D eigenvalue weighted by atomic mass is 9.68. The van der Waals surface area contributed by atoms with Gasteiger partial charge in [-0.25, -0.2) is 0 Å². The van der Waals surface area contributed by atoms with Crippen molar-refractivity contribution in [1.82, 2.24) is 0 Å². The molecule has 0 radical (unpaired) electrons. The number of hydrogen-bond acceptors (Lipinski definition) is 2. The molecule has 1 aliphatic carbocycles. The van der Waals surface area contributed by atoms with Crippen molar-refractivity contribution in [2.24, 2.45) is 5.41 Å². The maximum Gasteiger partial charge on any atom is 0.0471 e. The predicted molar refractivity (Wildman–Crippen MR) is 75.0 cm³/mol. The molecule has 2 aliphatic rings. The quantitative estimate of drug-likeness (QED) is 0.885. The van der Waals surface area contributed by atoms with Crippen LogP contribution in [0.2, 0.25) is 0 Å². The van der Waals surface area contributed by atoms with Crippen LogP contribution in [0.3, 0.4) is 0 Å². The molecule has 0 bridgehead atoms. The Balaban J connectivity index is 1.60. The molecule has 3 rings (SSSR count). The van der Waals surface area contributed by atoms with Gasteiger partial charge in [-0.05, 0) is 37.0 Å². The number of aliphatic hydroxyl groups excluding tert-OH is 1. The van der Waals surface area contributed by atoms with E-state index in [1.807, 2.05) is 0 Å². The van der Waals surface area contributed by atoms with Crippen LogP contribution in [-0.4, -0.2) is 24.8 Å². The maximum atomic E-state index is 8.91. The lowest BCUT2D eigenvalue weighted by Gasteiger charge is -2.53. The van der Waals surface area contributed by atoms with Crippen LogP contribution in [0.25, 0.3) is 0 Å². The van der Waals surface area contributed by atoms with Crippen molar-refractivity contribution in [3.8, 4) is 0 Å². The highest BCUT2D eigenvalue weighted by molar-refractivity contribution is 5.51. The molecule has 2 heteroatoms. The third-order valence-electron chi connectivity index (χ3n) is 4.67. The summed E-state index contributed by atoms with van der Waals surface area (Å²) in [4.78, 5) is 2.51. The smallest absolute Gasteiger partial charge is 0.0471 e. The Labute approximate surface area is 110 Å². The van der Waals surface area contributed by atoms with Crippen LogP contribution in [0.15, 0.2) is 24.3 Å². The van der Waals surface area contributed by atoms with Gasteiger partial charge >= 0.3 is 0 Å². The van der Waals surface area contributed by atoms with Crippen LogP contribution in [-0.2, 0) is 6.42 Å². The Bertz CT molecular complexity index is 384. The van der Waals surface area contributed by atoms with Gasteiger partial charge in [-0.2, -0.15) is 0 Å². The highest BCUT2D eigenvalue weighted by Crippen LogP contribution is 2.45. The highest BCUT2D eigenvalue weighted by atomic mass is 16.2. The fraction of sp³-hybridized carbons (Fsp3) is 0.625. The van der Waals surface area contributed by atoms with Gasteiger partial charge in [-0.15, -0.1) is 0 Å². The van der Waals surface area contributed by atoms with Gasteiger partial charge in [0, 0.05) is 30.8 Å². The van der Waals surface area contributed by atoms with Crippen molar-refractivity contribution in [2.45, 2.75) is 38.5 Å². The van der Waals surface area contributed by atoms with Crippen molar-refractivity contribution in [2.75, 3.05) is 24.6 Å². The summed E-state index contributed by atoms with van der Waals surface area (Å²) in [6.45, 7) is 2.75. The van der Waals surface area contributed by atoms with E-state index in [-0.39, 0.29) is 6.61 Å². The highest BCUT2D eigenvalue weighted by Gasteiger charge is 2.43. The van der Waals surface area contributed by atoms with E-state index in [0.29, 0.717) is 5.41 Å². The van der Waals surface area contributed by atoms with E-state index in [1.165, 1.54) is 56.4 Å². The van der Waals surface area contributed by atoms with Gasteiger partial charge in [0.2, 0.25) is 0 Å². The Morgan fingerprint density at radius 3 is 2.28 bits per heavy atom. The molecule has 1 saturated heterocycles. The van der Waals surface area contributed by atoms with E-state index >= 15 is 0 Å². The van der Waals surface area contributed by atoms with Crippen molar-refractivity contribution in [3.63, 3.8) is 0 Å². The fourth-order valence-corrected chi connectivity index (χ4v) is 3.57. The first-order valence-electron chi connectivity index (χ1n) is 7.26. The van der Waals surface area contributed by atoms with Crippen molar-refractivity contribution in [1.29, 1.82) is 0 Å². The number of rotatable bonds is 3. The Kier molecular flexibility index (Phi) is 3.29. The molecule has 1 aromatic rings. The molecular weight excluding hydrogens is 222 g/mol. The largest absolute Gasteiger partial charge is 0.396 e. The summed E-state index contributed by atoms with van der Waals surface area (Å²) in [6.07, 6.45) is 7.95. The number of anilines is 1. The van der Waals surface area contributed by atoms with Gasteiger partial charge in [0.15, 0.2) is 0 Å². The first kappa shape index (κ1) is 12.0. The first-order chi connectivity index (χ1) is 8.81. The molecule has 0 atom stereocenters. The number of benzene rings is 1. The summed E-state index contributed by atoms with van der Waals surface area (Å²) in [5, 5.41) is 8.91. The van der Waals surface area contributed by atoms with Crippen LogP contribution in [0.4, 0.5) is 5.69 Å². The molecule has 1 saturated carbocycles. The molecule has 2 nitrogen and oxygen atoms in total. The van der Waals surface area contributed by atoms with Gasteiger partial charge in [0.25, 0.3) is 0 Å². The Morgan fingerprint density at radius 2 is 1.67 bits per heavy atom. The SMILES string of the molecule is OCCc1ccc(N2CC3(CCCCC3)C2)cc1. The lowest BCUT2D eigenvalue weighted by Crippen LogP contribution is -2.57. The summed E-state index contributed by atoms with van der Waals surface area (Å²) in [7, 11) is 0. The van der Waals surface area contributed by atoms with Crippen LogP contribution in [0.1, 0.15) is 37.7 Å². The van der Waals surface area contributed by atoms with Crippen LogP contribution >= 0.6 is 0 Å². The minimum Gasteiger partial charge on any atom is -0.396 e. The van der Waals surface area contributed by atoms with Crippen molar-refractivity contribution >= 4 is 5.69 Å². The number of aliphatic hydroxyl groups is 1. The predicted octanol–water partition coefficient (Wildman–Crippen LogP) is 2.99. The summed E-state index contributed by atoms with van der Waals surface area (Å²) in [6, 6.07) is 8.72. The minimum atomic E-state index is 0.242. The minimum absolute atomic E-state index is 0.242. The van der Waals surface area contributed by atoms with E-state index in [9.17, 15) is 0 Å². The molecule has 0 unspecified atom stereocenters. The molecule has 0 aromatic heterocycles. The van der Waals surface area contributed by atoms with E-state index in [0.717, 1.165) is 6.42 Å². The van der Waals surface area contributed by atoms with E-state index < -0.39 is 0 Å². The number of nitrogens with zero attached hydrogens (tertiary/aromatic N) is 1. The molecule has 1 aromatic carbocycles. The Hall–Kier alpha value is -1.02. The van der Waals surface area contributed by atoms with Gasteiger partial charge in [0.05, 0.1) is 0 Å². The molecule has 98 valence electrons. The molecule has 0 amide bonds. The molecule has 18 heavy (non-hydrogen) atoms. The second kappa shape index (κ2) is 4.93. The average Bonchev–Trinajstić information content (AvgIpc) is 2.38. The maximum absolute atomic E-state index is 8.91. The molecule has 1 heterocycles. The summed E-state index contributed by atoms with van der Waals surface area (Å²) < 4.78 is 0. The monoisotopic (exact) mass is 245 g/mol. The fourth-order valence-electron chi connectivity index (χ4n) is 3.57. The van der Waals surface area contributed by atoms with Crippen LogP contribution < -0.4 is 4.90 Å². The van der Waals surface area contributed by atoms with Gasteiger partial charge < -0.3 is 10.0 Å². The molecular formula is C16H23NO. The van der Waals surface area contributed by atoms with Gasteiger partial charge in [0.1, 0.15) is 0 Å². The lowest BCUT2D eigenvalue weighted by molar-refractivity contribution is 0.139. The molecule has 1 spiro atoms. The molecule has 1 aliphatic heterocycles. The van der Waals surface area contributed by atoms with Crippen LogP contribution in [0.5, 0.6) is 0 Å². The molecule has 1 N–H and O–H groups in total. The Morgan fingerprint density at radius 1 is 1.00 bits per heavy atom. The average molecular weight is 245 g/mol. The standard InChI is InChI=1S/C16H23NO/c18-11-8-14-4-6-15(7-5-14)17-12-16(13-17)9-2-1-3-10-16/h4-7,18H,1-3,8-13H2. The van der Waals surface area contributed by atoms with E-state index in [4.69, 9.17) is 5.11 Å². The van der Waals surface area contributed by atoms with Crippen molar-refractivity contribution < 1.29 is 5.11 Å². The zero-order valence-electron chi connectivity index (χ0n) is 11.1. The first-order valence-corrected chi connectivity index (χ1v) is 7.26. The van der Waals surface area contributed by atoms with E-state index in [2.05, 4.69) is 29.2 Å². The summed E-state index contributed by atoms with van der Waals surface area (Å²) >= 11 is 0.